The molecule has 0 amide bonds. The Balaban J connectivity index is 2.17. The summed E-state index contributed by atoms with van der Waals surface area (Å²) in [6.45, 7) is 18.5. The molecule has 0 unspecified atom stereocenters. The van der Waals surface area contributed by atoms with Crippen LogP contribution in [0.1, 0.15) is 15.9 Å². The first-order valence-electron chi connectivity index (χ1n) is 11.5. The largest absolute Gasteiger partial charge is 0.478 e. The number of aromatic nitrogens is 3. The van der Waals surface area contributed by atoms with E-state index in [0.29, 0.717) is 49.2 Å². The highest BCUT2D eigenvalue weighted by molar-refractivity contribution is 5.89. The number of aromatic carboxylic acids is 1. The maximum Gasteiger partial charge on any atom is 0.422 e. The molecule has 0 spiro atoms. The number of benzene rings is 1. The van der Waals surface area contributed by atoms with Crippen LogP contribution in [0.15, 0.2) is 34.5 Å². The number of nitrogens with one attached hydrogen (secondary N) is 2. The minimum atomic E-state index is -1.37. The Bertz CT molecular complexity index is 1540. The molecule has 3 rings (SSSR count). The van der Waals surface area contributed by atoms with Crippen LogP contribution in [0.5, 0.6) is 0 Å². The van der Waals surface area contributed by atoms with Crippen molar-refractivity contribution in [3.05, 3.63) is 68.3 Å². The van der Waals surface area contributed by atoms with E-state index < -0.39 is 16.6 Å². The van der Waals surface area contributed by atoms with Crippen LogP contribution in [0, 0.1) is 30.2 Å². The average molecular weight is 549 g/mol. The van der Waals surface area contributed by atoms with E-state index in [4.69, 9.17) is 22.6 Å². The fourth-order valence-electron chi connectivity index (χ4n) is 3.50. The first-order chi connectivity index (χ1) is 19.2. The van der Waals surface area contributed by atoms with Crippen molar-refractivity contribution in [2.24, 2.45) is 10.2 Å². The number of hydrogen-bond acceptors (Lipinski definition) is 11. The monoisotopic (exact) mass is 548 g/mol. The van der Waals surface area contributed by atoms with Crippen molar-refractivity contribution in [3.63, 3.8) is 0 Å². The normalized spacial score (nSPS) is 10.7. The van der Waals surface area contributed by atoms with E-state index in [9.17, 15) is 20.0 Å². The molecule has 2 aromatic heterocycles. The molecule has 0 atom stereocenters. The van der Waals surface area contributed by atoms with Crippen LogP contribution < -0.4 is 10.6 Å². The number of nitro benzene ring substituents is 1. The van der Waals surface area contributed by atoms with E-state index in [1.165, 1.54) is 0 Å². The molecule has 0 aliphatic carbocycles. The zero-order valence-corrected chi connectivity index (χ0v) is 21.7. The lowest BCUT2D eigenvalue weighted by Gasteiger charge is -2.13. The molecule has 0 aliphatic rings. The van der Waals surface area contributed by atoms with E-state index in [1.807, 2.05) is 0 Å². The maximum atomic E-state index is 11.8. The summed E-state index contributed by atoms with van der Waals surface area (Å²) in [7, 11) is 3.13. The summed E-state index contributed by atoms with van der Waals surface area (Å²) in [6.07, 6.45) is 0. The number of hydrogen-bond donors (Lipinski definition) is 3. The molecule has 0 radical (unpaired) electrons. The quantitative estimate of drug-likeness (QED) is 0.0879. The highest BCUT2D eigenvalue weighted by Crippen LogP contribution is 2.40. The Morgan fingerprint density at radius 1 is 1.12 bits per heavy atom. The molecule has 0 aliphatic heterocycles. The van der Waals surface area contributed by atoms with E-state index in [0.717, 1.165) is 22.8 Å². The number of anilines is 2. The molecule has 0 saturated carbocycles. The maximum absolute atomic E-state index is 11.8. The third-order valence-corrected chi connectivity index (χ3v) is 5.32. The van der Waals surface area contributed by atoms with E-state index in [-0.39, 0.29) is 28.8 Å². The molecule has 3 N–H and O–H groups in total. The number of azo groups is 1. The minimum absolute atomic E-state index is 0.205. The zero-order valence-electron chi connectivity index (χ0n) is 21.7. The summed E-state index contributed by atoms with van der Waals surface area (Å²) in [5.41, 5.74) is -0.192. The van der Waals surface area contributed by atoms with Crippen molar-refractivity contribution in [2.45, 2.75) is 6.92 Å². The highest BCUT2D eigenvalue weighted by atomic mass is 16.6. The third kappa shape index (κ3) is 6.51. The second kappa shape index (κ2) is 13.4. The van der Waals surface area contributed by atoms with Crippen LogP contribution in [-0.2, 0) is 9.47 Å². The fourth-order valence-corrected chi connectivity index (χ4v) is 3.50. The van der Waals surface area contributed by atoms with Crippen molar-refractivity contribution < 1.29 is 24.3 Å². The molecule has 0 bridgehead atoms. The van der Waals surface area contributed by atoms with Gasteiger partial charge in [-0.25, -0.2) is 14.3 Å². The summed E-state index contributed by atoms with van der Waals surface area (Å²) in [6, 6.07) is 4.88. The molecular formula is C24H24N10O6. The van der Waals surface area contributed by atoms with Crippen molar-refractivity contribution >= 4 is 46.6 Å². The first kappa shape index (κ1) is 29.1. The predicted octanol–water partition coefficient (Wildman–Crippen LogP) is 4.82. The highest BCUT2D eigenvalue weighted by Gasteiger charge is 2.31. The van der Waals surface area contributed by atoms with Crippen molar-refractivity contribution in [1.29, 1.82) is 0 Å². The average Bonchev–Trinajstić information content (AvgIpc) is 3.29. The molecule has 206 valence electrons. The van der Waals surface area contributed by atoms with Gasteiger partial charge in [0.2, 0.25) is 0 Å². The number of nitro groups is 1. The number of carboxylic acids is 1. The van der Waals surface area contributed by atoms with Gasteiger partial charge >= 0.3 is 17.6 Å². The lowest BCUT2D eigenvalue weighted by atomic mass is 10.1. The fraction of sp³-hybridized carbons (Fsp3) is 0.292. The van der Waals surface area contributed by atoms with Gasteiger partial charge in [-0.3, -0.25) is 10.1 Å². The van der Waals surface area contributed by atoms with E-state index in [2.05, 4.69) is 40.5 Å². The summed E-state index contributed by atoms with van der Waals surface area (Å²) in [5, 5.41) is 35.8. The smallest absolute Gasteiger partial charge is 0.422 e. The molecule has 16 heteroatoms. The number of methoxy groups -OCH3 is 2. The van der Waals surface area contributed by atoms with Crippen LogP contribution in [-0.4, -0.2) is 71.1 Å². The molecule has 2 heterocycles. The number of rotatable bonds is 13. The topological polar surface area (TPSA) is 187 Å². The molecular weight excluding hydrogens is 524 g/mol. The van der Waals surface area contributed by atoms with Crippen molar-refractivity contribution in [3.8, 4) is 5.69 Å². The number of aryl methyl sites for hydroxylation is 1. The summed E-state index contributed by atoms with van der Waals surface area (Å²) >= 11 is 0. The third-order valence-electron chi connectivity index (χ3n) is 5.32. The zero-order chi connectivity index (χ0) is 29.2. The number of imidazole rings is 1. The Hall–Kier alpha value is -5.45. The summed E-state index contributed by atoms with van der Waals surface area (Å²) < 4.78 is 11.1. The van der Waals surface area contributed by atoms with Gasteiger partial charge in [-0.2, -0.15) is 0 Å². The van der Waals surface area contributed by atoms with E-state index in [1.54, 1.807) is 27.2 Å². The van der Waals surface area contributed by atoms with Crippen LogP contribution in [0.25, 0.3) is 15.4 Å². The lowest BCUT2D eigenvalue weighted by molar-refractivity contribution is -0.384. The van der Waals surface area contributed by atoms with E-state index >= 15 is 0 Å². The molecule has 1 aromatic carbocycles. The Morgan fingerprint density at radius 2 is 1.82 bits per heavy atom. The second-order valence-electron chi connectivity index (χ2n) is 7.94. The molecule has 0 saturated heterocycles. The number of carbonyl (C=O) groups is 1. The second-order valence-corrected chi connectivity index (χ2v) is 7.94. The SMILES string of the molecule is [C-]#[N+]c1nc(N=Nc2c(C)cc(NCCOC)nc2NCCOC)n(-c2ccc(C(=O)O)cc2[N+](=O)[O-])c1[N+]#[C-]. The van der Waals surface area contributed by atoms with Crippen molar-refractivity contribution in [2.75, 3.05) is 51.2 Å². The molecule has 40 heavy (non-hydrogen) atoms. The van der Waals surface area contributed by atoms with Gasteiger partial charge in [-0.1, -0.05) is 23.2 Å². The number of carboxylic acid groups (broad SMARTS) is 1. The Labute approximate surface area is 228 Å². The Morgan fingerprint density at radius 3 is 2.42 bits per heavy atom. The van der Waals surface area contributed by atoms with Crippen LogP contribution >= 0.6 is 0 Å². The number of ether oxygens (including phenoxy) is 2. The van der Waals surface area contributed by atoms with Gasteiger partial charge in [0.05, 0.1) is 23.7 Å². The predicted molar refractivity (Wildman–Crippen MR) is 144 cm³/mol. The van der Waals surface area contributed by atoms with Crippen LogP contribution in [0.4, 0.5) is 40.6 Å². The van der Waals surface area contributed by atoms with Crippen LogP contribution in [0.2, 0.25) is 0 Å². The van der Waals surface area contributed by atoms with Gasteiger partial charge in [0, 0.05) is 33.4 Å². The van der Waals surface area contributed by atoms with Crippen LogP contribution in [0.3, 0.4) is 0 Å². The molecule has 0 fully saturated rings. The molecule has 3 aromatic rings. The number of pyridine rings is 1. The first-order valence-corrected chi connectivity index (χ1v) is 11.5. The lowest BCUT2D eigenvalue weighted by Crippen LogP contribution is -2.12. The van der Waals surface area contributed by atoms with Gasteiger partial charge in [-0.15, -0.1) is 5.11 Å². The molecule has 16 nitrogen and oxygen atoms in total. The standard InChI is InChI=1S/C24H24N10O6/c1-14-12-18(27-8-10-39-4)29-20(28-9-11-40-5)19(14)31-32-24-30-21(25-2)22(26-3)33(24)16-7-6-15(23(35)36)13-17(16)34(37)38/h6-7,12-13H,8-11H2,1,4-5H3,(H,35,36)(H2,27,28,29). The van der Waals surface area contributed by atoms with Gasteiger partial charge in [0.25, 0.3) is 11.6 Å². The van der Waals surface area contributed by atoms with Gasteiger partial charge < -0.3 is 34.9 Å². The number of nitrogens with zero attached hydrogens (tertiary/aromatic N) is 8. The summed E-state index contributed by atoms with van der Waals surface area (Å²) in [5.74, 6) is -1.47. The van der Waals surface area contributed by atoms with Crippen molar-refractivity contribution in [1.82, 2.24) is 14.5 Å². The Kier molecular flexibility index (Phi) is 9.73. The van der Waals surface area contributed by atoms with Gasteiger partial charge in [0.15, 0.2) is 11.5 Å². The summed E-state index contributed by atoms with van der Waals surface area (Å²) in [4.78, 5) is 37.6. The minimum Gasteiger partial charge on any atom is -0.478 e. The van der Waals surface area contributed by atoms with Gasteiger partial charge in [0.1, 0.15) is 11.5 Å². The van der Waals surface area contributed by atoms with Gasteiger partial charge in [-0.05, 0) is 30.7 Å².